The van der Waals surface area contributed by atoms with Crippen molar-refractivity contribution >= 4 is 23.2 Å². The molecule has 1 aliphatic heterocycles. The number of para-hydroxylation sites is 1. The zero-order valence-electron chi connectivity index (χ0n) is 14.9. The Bertz CT molecular complexity index is 893. The van der Waals surface area contributed by atoms with Crippen LogP contribution in [0.3, 0.4) is 0 Å². The third kappa shape index (κ3) is 3.97. The zero-order valence-corrected chi connectivity index (χ0v) is 14.9. The van der Waals surface area contributed by atoms with E-state index in [1.807, 2.05) is 26.0 Å². The highest BCUT2D eigenvalue weighted by molar-refractivity contribution is 6.03. The van der Waals surface area contributed by atoms with Gasteiger partial charge in [-0.25, -0.2) is 0 Å². The number of carbonyl (C=O) groups excluding carboxylic acids is 2. The van der Waals surface area contributed by atoms with Gasteiger partial charge in [-0.15, -0.1) is 0 Å². The number of carbonyl (C=O) groups is 2. The van der Waals surface area contributed by atoms with Crippen molar-refractivity contribution in [1.82, 2.24) is 0 Å². The molecule has 0 aliphatic carbocycles. The lowest BCUT2D eigenvalue weighted by molar-refractivity contribution is -0.137. The van der Waals surface area contributed by atoms with Crippen molar-refractivity contribution in [3.05, 3.63) is 59.2 Å². The van der Waals surface area contributed by atoms with E-state index < -0.39 is 23.6 Å². The number of anilines is 2. The van der Waals surface area contributed by atoms with Crippen LogP contribution in [0, 0.1) is 19.8 Å². The van der Waals surface area contributed by atoms with Crippen LogP contribution in [0.15, 0.2) is 42.5 Å². The third-order valence-corrected chi connectivity index (χ3v) is 4.77. The van der Waals surface area contributed by atoms with Crippen molar-refractivity contribution in [2.75, 3.05) is 16.8 Å². The second-order valence-electron chi connectivity index (χ2n) is 6.71. The highest BCUT2D eigenvalue weighted by Gasteiger charge is 2.40. The van der Waals surface area contributed by atoms with Crippen LogP contribution >= 0.6 is 0 Å². The van der Waals surface area contributed by atoms with Crippen molar-refractivity contribution in [1.29, 1.82) is 0 Å². The molecule has 0 aromatic heterocycles. The lowest BCUT2D eigenvalue weighted by Crippen LogP contribution is -2.29. The van der Waals surface area contributed by atoms with Gasteiger partial charge in [0.15, 0.2) is 0 Å². The number of amides is 2. The first kappa shape index (κ1) is 18.9. The maximum atomic E-state index is 13.2. The summed E-state index contributed by atoms with van der Waals surface area (Å²) in [6.45, 7) is 3.79. The topological polar surface area (TPSA) is 49.4 Å². The van der Waals surface area contributed by atoms with E-state index in [4.69, 9.17) is 0 Å². The first-order valence-electron chi connectivity index (χ1n) is 8.51. The van der Waals surface area contributed by atoms with Gasteiger partial charge in [-0.2, -0.15) is 13.2 Å². The highest BCUT2D eigenvalue weighted by Crippen LogP contribution is 2.38. The predicted molar refractivity (Wildman–Crippen MR) is 96.4 cm³/mol. The van der Waals surface area contributed by atoms with Crippen LogP contribution in [-0.2, 0) is 15.8 Å². The molecule has 3 rings (SSSR count). The average molecular weight is 376 g/mol. The highest BCUT2D eigenvalue weighted by atomic mass is 19.4. The summed E-state index contributed by atoms with van der Waals surface area (Å²) in [4.78, 5) is 25.9. The summed E-state index contributed by atoms with van der Waals surface area (Å²) in [5.41, 5.74) is 1.60. The van der Waals surface area contributed by atoms with Crippen LogP contribution in [0.4, 0.5) is 24.5 Å². The van der Waals surface area contributed by atoms with E-state index in [0.29, 0.717) is 5.69 Å². The van der Waals surface area contributed by atoms with Gasteiger partial charge < -0.3 is 10.2 Å². The van der Waals surface area contributed by atoms with Crippen LogP contribution in [-0.4, -0.2) is 18.4 Å². The molecule has 1 aliphatic rings. The van der Waals surface area contributed by atoms with E-state index >= 15 is 0 Å². The summed E-state index contributed by atoms with van der Waals surface area (Å²) < 4.78 is 39.7. The number of nitrogens with zero attached hydrogens (tertiary/aromatic N) is 1. The molecule has 2 aromatic rings. The number of halogens is 3. The van der Waals surface area contributed by atoms with E-state index in [1.165, 1.54) is 18.2 Å². The Morgan fingerprint density at radius 1 is 1.11 bits per heavy atom. The molecule has 1 unspecified atom stereocenters. The van der Waals surface area contributed by atoms with E-state index in [1.54, 1.807) is 6.07 Å². The molecule has 0 radical (unpaired) electrons. The number of rotatable bonds is 3. The SMILES string of the molecule is Cc1ccc(NC(=O)C2CC(=O)N(c3ccccc3C(F)(F)F)C2)cc1C. The minimum absolute atomic E-state index is 0.0808. The molecular formula is C20H19F3N2O2. The number of hydrogen-bond donors (Lipinski definition) is 1. The minimum Gasteiger partial charge on any atom is -0.326 e. The van der Waals surface area contributed by atoms with E-state index in [9.17, 15) is 22.8 Å². The molecule has 1 saturated heterocycles. The van der Waals surface area contributed by atoms with Gasteiger partial charge in [0.2, 0.25) is 11.8 Å². The first-order valence-corrected chi connectivity index (χ1v) is 8.51. The lowest BCUT2D eigenvalue weighted by Gasteiger charge is -2.21. The summed E-state index contributed by atoms with van der Waals surface area (Å²) in [6.07, 6.45) is -4.69. The predicted octanol–water partition coefficient (Wildman–Crippen LogP) is 4.31. The quantitative estimate of drug-likeness (QED) is 0.868. The number of nitrogens with one attached hydrogen (secondary N) is 1. The van der Waals surface area contributed by atoms with Crippen LogP contribution in [0.2, 0.25) is 0 Å². The number of alkyl halides is 3. The minimum atomic E-state index is -4.57. The molecular weight excluding hydrogens is 357 g/mol. The lowest BCUT2D eigenvalue weighted by atomic mass is 10.1. The molecule has 1 heterocycles. The molecule has 1 fully saturated rings. The summed E-state index contributed by atoms with van der Waals surface area (Å²) in [5.74, 6) is -1.58. The number of aryl methyl sites for hydroxylation is 2. The zero-order chi connectivity index (χ0) is 19.8. The van der Waals surface area contributed by atoms with Gasteiger partial charge in [0.25, 0.3) is 0 Å². The van der Waals surface area contributed by atoms with Crippen molar-refractivity contribution in [2.24, 2.45) is 5.92 Å². The van der Waals surface area contributed by atoms with Crippen molar-refractivity contribution in [3.8, 4) is 0 Å². The third-order valence-electron chi connectivity index (χ3n) is 4.77. The van der Waals surface area contributed by atoms with E-state index in [0.717, 1.165) is 22.1 Å². The fourth-order valence-corrected chi connectivity index (χ4v) is 3.13. The molecule has 4 nitrogen and oxygen atoms in total. The van der Waals surface area contributed by atoms with Crippen LogP contribution in [0.5, 0.6) is 0 Å². The van der Waals surface area contributed by atoms with Crippen LogP contribution in [0.1, 0.15) is 23.1 Å². The molecule has 2 amide bonds. The Hall–Kier alpha value is -2.83. The van der Waals surface area contributed by atoms with Crippen molar-refractivity contribution < 1.29 is 22.8 Å². The Kier molecular flexibility index (Phi) is 4.95. The monoisotopic (exact) mass is 376 g/mol. The summed E-state index contributed by atoms with van der Waals surface area (Å²) in [7, 11) is 0. The standard InChI is InChI=1S/C20H19F3N2O2/c1-12-7-8-15(9-13(12)2)24-19(27)14-10-18(26)25(11-14)17-6-4-3-5-16(17)20(21,22)23/h3-9,14H,10-11H2,1-2H3,(H,24,27). The van der Waals surface area contributed by atoms with Gasteiger partial charge >= 0.3 is 6.18 Å². The maximum Gasteiger partial charge on any atom is 0.418 e. The molecule has 7 heteroatoms. The second-order valence-corrected chi connectivity index (χ2v) is 6.71. The molecule has 0 saturated carbocycles. The fourth-order valence-electron chi connectivity index (χ4n) is 3.13. The van der Waals surface area contributed by atoms with Gasteiger partial charge in [-0.3, -0.25) is 9.59 Å². The molecule has 1 atom stereocenters. The van der Waals surface area contributed by atoms with Gasteiger partial charge in [-0.1, -0.05) is 18.2 Å². The Morgan fingerprint density at radius 2 is 1.81 bits per heavy atom. The van der Waals surface area contributed by atoms with E-state index in [-0.39, 0.29) is 24.6 Å². The molecule has 1 N–H and O–H groups in total. The Balaban J connectivity index is 1.78. The van der Waals surface area contributed by atoms with Crippen LogP contribution < -0.4 is 10.2 Å². The fraction of sp³-hybridized carbons (Fsp3) is 0.300. The van der Waals surface area contributed by atoms with Gasteiger partial charge in [0, 0.05) is 18.7 Å². The van der Waals surface area contributed by atoms with Gasteiger partial charge in [0.1, 0.15) is 0 Å². The molecule has 27 heavy (non-hydrogen) atoms. The molecule has 0 bridgehead atoms. The van der Waals surface area contributed by atoms with Crippen LogP contribution in [0.25, 0.3) is 0 Å². The average Bonchev–Trinajstić information content (AvgIpc) is 2.99. The smallest absolute Gasteiger partial charge is 0.326 e. The van der Waals surface area contributed by atoms with Gasteiger partial charge in [-0.05, 0) is 49.2 Å². The summed E-state index contributed by atoms with van der Waals surface area (Å²) >= 11 is 0. The number of benzene rings is 2. The first-order chi connectivity index (χ1) is 12.7. The molecule has 2 aromatic carbocycles. The Labute approximate surface area is 155 Å². The van der Waals surface area contributed by atoms with Crippen molar-refractivity contribution in [2.45, 2.75) is 26.4 Å². The largest absolute Gasteiger partial charge is 0.418 e. The summed E-state index contributed by atoms with van der Waals surface area (Å²) in [5, 5.41) is 2.75. The molecule has 0 spiro atoms. The summed E-state index contributed by atoms with van der Waals surface area (Å²) in [6, 6.07) is 10.4. The molecule has 142 valence electrons. The van der Waals surface area contributed by atoms with Gasteiger partial charge in [0.05, 0.1) is 17.2 Å². The second kappa shape index (κ2) is 7.06. The number of hydrogen-bond acceptors (Lipinski definition) is 2. The Morgan fingerprint density at radius 3 is 2.48 bits per heavy atom. The van der Waals surface area contributed by atoms with E-state index in [2.05, 4.69) is 5.32 Å². The maximum absolute atomic E-state index is 13.2. The van der Waals surface area contributed by atoms with Crippen molar-refractivity contribution in [3.63, 3.8) is 0 Å². The normalized spacial score (nSPS) is 17.3.